The number of fused-ring (bicyclic) bond motifs is 1. The van der Waals surface area contributed by atoms with Gasteiger partial charge in [-0.2, -0.15) is 5.10 Å². The van der Waals surface area contributed by atoms with Gasteiger partial charge in [-0.3, -0.25) is 9.89 Å². The lowest BCUT2D eigenvalue weighted by Gasteiger charge is -2.32. The Morgan fingerprint density at radius 1 is 1.17 bits per heavy atom. The molecule has 2 aromatic heterocycles. The number of benzene rings is 1. The largest absolute Gasteiger partial charge is 0.490 e. The van der Waals surface area contributed by atoms with E-state index >= 15 is 0 Å². The highest BCUT2D eigenvalue weighted by Crippen LogP contribution is 2.34. The number of carbonyl (C=O) groups excluding carboxylic acids is 1. The summed E-state index contributed by atoms with van der Waals surface area (Å²) in [5.41, 5.74) is 3.58. The van der Waals surface area contributed by atoms with Gasteiger partial charge in [0.2, 0.25) is 0 Å². The lowest BCUT2D eigenvalue weighted by molar-refractivity contribution is 0.0597. The van der Waals surface area contributed by atoms with Crippen molar-refractivity contribution in [3.63, 3.8) is 0 Å². The molecule has 29 heavy (non-hydrogen) atoms. The lowest BCUT2D eigenvalue weighted by atomic mass is 10.1. The van der Waals surface area contributed by atoms with Gasteiger partial charge >= 0.3 is 0 Å². The summed E-state index contributed by atoms with van der Waals surface area (Å²) in [6.45, 7) is 6.32. The third-order valence-corrected chi connectivity index (χ3v) is 6.29. The summed E-state index contributed by atoms with van der Waals surface area (Å²) in [6.07, 6.45) is 6.73. The maximum absolute atomic E-state index is 12.9. The highest BCUT2D eigenvalue weighted by Gasteiger charge is 2.28. The molecule has 0 bridgehead atoms. The van der Waals surface area contributed by atoms with E-state index in [1.807, 2.05) is 18.7 Å². The van der Waals surface area contributed by atoms with Crippen molar-refractivity contribution in [1.29, 1.82) is 0 Å². The molecule has 1 saturated heterocycles. The fraction of sp³-hybridized carbons (Fsp3) is 0.478. The van der Waals surface area contributed by atoms with Crippen molar-refractivity contribution >= 4 is 16.8 Å². The molecule has 6 heteroatoms. The van der Waals surface area contributed by atoms with Gasteiger partial charge in [0, 0.05) is 49.8 Å². The molecular weight excluding hydrogens is 364 g/mol. The average molecular weight is 393 g/mol. The number of hydrogen-bond donors (Lipinski definition) is 1. The van der Waals surface area contributed by atoms with Crippen LogP contribution in [0.2, 0.25) is 0 Å². The monoisotopic (exact) mass is 392 g/mol. The molecule has 1 N–H and O–H groups in total. The third kappa shape index (κ3) is 3.52. The predicted molar refractivity (Wildman–Crippen MR) is 112 cm³/mol. The minimum atomic E-state index is 0.0754. The van der Waals surface area contributed by atoms with Gasteiger partial charge < -0.3 is 14.2 Å². The first-order valence-electron chi connectivity index (χ1n) is 10.7. The number of ether oxygens (including phenoxy) is 1. The highest BCUT2D eigenvalue weighted by atomic mass is 16.5. The molecule has 1 amide bonds. The van der Waals surface area contributed by atoms with Crippen LogP contribution in [0.4, 0.5) is 0 Å². The summed E-state index contributed by atoms with van der Waals surface area (Å²) in [6, 6.07) is 8.52. The Morgan fingerprint density at radius 2 is 1.97 bits per heavy atom. The maximum Gasteiger partial charge on any atom is 0.257 e. The van der Waals surface area contributed by atoms with E-state index in [0.717, 1.165) is 42.4 Å². The van der Waals surface area contributed by atoms with Gasteiger partial charge in [-0.1, -0.05) is 6.07 Å². The normalized spacial score (nSPS) is 17.8. The number of hydrogen-bond acceptors (Lipinski definition) is 3. The number of aryl methyl sites for hydroxylation is 2. The number of piperidine rings is 1. The van der Waals surface area contributed by atoms with E-state index in [1.165, 1.54) is 23.7 Å². The molecule has 3 heterocycles. The molecule has 2 aliphatic rings. The summed E-state index contributed by atoms with van der Waals surface area (Å²) < 4.78 is 8.76. The van der Waals surface area contributed by atoms with Crippen molar-refractivity contribution < 1.29 is 9.53 Å². The third-order valence-electron chi connectivity index (χ3n) is 6.29. The van der Waals surface area contributed by atoms with Crippen molar-refractivity contribution in [3.8, 4) is 5.75 Å². The fourth-order valence-corrected chi connectivity index (χ4v) is 4.42. The first kappa shape index (κ1) is 18.3. The SMILES string of the molecule is Cc1n[nH]c(C)c1C(=O)N1CCC(Oc2cccc3c2ccn3CC2CC2)CC1. The molecule has 1 aliphatic heterocycles. The molecule has 6 nitrogen and oxygen atoms in total. The number of nitrogens with zero attached hydrogens (tertiary/aromatic N) is 3. The second-order valence-corrected chi connectivity index (χ2v) is 8.52. The van der Waals surface area contributed by atoms with Gasteiger partial charge in [0.25, 0.3) is 5.91 Å². The van der Waals surface area contributed by atoms with E-state index < -0.39 is 0 Å². The van der Waals surface area contributed by atoms with Crippen LogP contribution in [-0.2, 0) is 6.54 Å². The molecule has 2 fully saturated rings. The number of aromatic amines is 1. The second kappa shape index (κ2) is 7.25. The average Bonchev–Trinajstić information content (AvgIpc) is 3.35. The predicted octanol–water partition coefficient (Wildman–Crippen LogP) is 4.07. The molecule has 3 aromatic rings. The summed E-state index contributed by atoms with van der Waals surface area (Å²) in [7, 11) is 0. The van der Waals surface area contributed by atoms with Crippen LogP contribution in [-0.4, -0.2) is 44.8 Å². The Bertz CT molecular complexity index is 1020. The molecule has 1 saturated carbocycles. The second-order valence-electron chi connectivity index (χ2n) is 8.52. The first-order chi connectivity index (χ1) is 14.1. The van der Waals surface area contributed by atoms with Crippen LogP contribution in [0.25, 0.3) is 10.9 Å². The van der Waals surface area contributed by atoms with Gasteiger partial charge in [0.15, 0.2) is 0 Å². The number of rotatable bonds is 5. The van der Waals surface area contributed by atoms with Gasteiger partial charge in [0.1, 0.15) is 11.9 Å². The number of likely N-dealkylation sites (tertiary alicyclic amines) is 1. The van der Waals surface area contributed by atoms with Crippen molar-refractivity contribution in [1.82, 2.24) is 19.7 Å². The van der Waals surface area contributed by atoms with E-state index in [0.29, 0.717) is 18.7 Å². The smallest absolute Gasteiger partial charge is 0.257 e. The molecule has 0 radical (unpaired) electrons. The van der Waals surface area contributed by atoms with Crippen LogP contribution in [0.3, 0.4) is 0 Å². The Labute approximate surface area is 170 Å². The van der Waals surface area contributed by atoms with Crippen molar-refractivity contribution in [3.05, 3.63) is 47.4 Å². The zero-order valence-electron chi connectivity index (χ0n) is 17.1. The number of H-pyrrole nitrogens is 1. The van der Waals surface area contributed by atoms with E-state index in [4.69, 9.17) is 4.74 Å². The molecule has 152 valence electrons. The molecule has 0 unspecified atom stereocenters. The van der Waals surface area contributed by atoms with Crippen LogP contribution in [0, 0.1) is 19.8 Å². The molecule has 1 aromatic carbocycles. The highest BCUT2D eigenvalue weighted by molar-refractivity contribution is 5.96. The van der Waals surface area contributed by atoms with E-state index in [9.17, 15) is 4.79 Å². The number of aromatic nitrogens is 3. The van der Waals surface area contributed by atoms with Crippen molar-refractivity contribution in [2.45, 2.75) is 52.2 Å². The Hall–Kier alpha value is -2.76. The Balaban J connectivity index is 1.25. The standard InChI is InChI=1S/C23H28N4O2/c1-15-22(16(2)25-24-15)23(28)26-11-8-18(9-12-26)29-21-5-3-4-20-19(21)10-13-27(20)14-17-6-7-17/h3-5,10,13,17-18H,6-9,11-12,14H2,1-2H3,(H,24,25). The maximum atomic E-state index is 12.9. The zero-order chi connectivity index (χ0) is 20.0. The first-order valence-corrected chi connectivity index (χ1v) is 10.7. The molecule has 0 spiro atoms. The van der Waals surface area contributed by atoms with E-state index in [1.54, 1.807) is 0 Å². The summed E-state index contributed by atoms with van der Waals surface area (Å²) in [5, 5.41) is 8.26. The van der Waals surface area contributed by atoms with Crippen LogP contribution < -0.4 is 4.74 Å². The molecule has 1 aliphatic carbocycles. The van der Waals surface area contributed by atoms with Gasteiger partial charge in [-0.25, -0.2) is 0 Å². The van der Waals surface area contributed by atoms with Crippen LogP contribution >= 0.6 is 0 Å². The van der Waals surface area contributed by atoms with Gasteiger partial charge in [-0.15, -0.1) is 0 Å². The van der Waals surface area contributed by atoms with E-state index in [2.05, 4.69) is 45.2 Å². The number of carbonyl (C=O) groups is 1. The number of nitrogens with one attached hydrogen (secondary N) is 1. The van der Waals surface area contributed by atoms with Crippen LogP contribution in [0.1, 0.15) is 47.4 Å². The van der Waals surface area contributed by atoms with Crippen LogP contribution in [0.5, 0.6) is 5.75 Å². The van der Waals surface area contributed by atoms with Crippen molar-refractivity contribution in [2.24, 2.45) is 5.92 Å². The molecule has 5 rings (SSSR count). The zero-order valence-corrected chi connectivity index (χ0v) is 17.1. The quantitative estimate of drug-likeness (QED) is 0.712. The van der Waals surface area contributed by atoms with Crippen molar-refractivity contribution in [2.75, 3.05) is 13.1 Å². The van der Waals surface area contributed by atoms with Crippen LogP contribution in [0.15, 0.2) is 30.5 Å². The number of amides is 1. The summed E-state index contributed by atoms with van der Waals surface area (Å²) in [5.74, 6) is 1.88. The lowest BCUT2D eigenvalue weighted by Crippen LogP contribution is -2.42. The fourth-order valence-electron chi connectivity index (χ4n) is 4.42. The van der Waals surface area contributed by atoms with E-state index in [-0.39, 0.29) is 12.0 Å². The summed E-state index contributed by atoms with van der Waals surface area (Å²) >= 11 is 0. The van der Waals surface area contributed by atoms with Gasteiger partial charge in [0.05, 0.1) is 16.8 Å². The minimum absolute atomic E-state index is 0.0754. The molecule has 0 atom stereocenters. The Kier molecular flexibility index (Phi) is 4.57. The Morgan fingerprint density at radius 3 is 2.66 bits per heavy atom. The summed E-state index contributed by atoms with van der Waals surface area (Å²) in [4.78, 5) is 14.8. The topological polar surface area (TPSA) is 63.1 Å². The minimum Gasteiger partial charge on any atom is -0.490 e. The van der Waals surface area contributed by atoms with Gasteiger partial charge in [-0.05, 0) is 50.8 Å². The molecular formula is C23H28N4O2.